The Kier molecular flexibility index (Phi) is 6.19. The summed E-state index contributed by atoms with van der Waals surface area (Å²) >= 11 is 0. The highest BCUT2D eigenvalue weighted by Gasteiger charge is 2.25. The molecule has 1 aromatic rings. The van der Waals surface area contributed by atoms with Crippen molar-refractivity contribution >= 4 is 9.84 Å². The van der Waals surface area contributed by atoms with Gasteiger partial charge in [-0.1, -0.05) is 0 Å². The number of aliphatic hydroxyl groups excluding tert-OH is 1. The van der Waals surface area contributed by atoms with E-state index in [0.717, 1.165) is 25.1 Å². The van der Waals surface area contributed by atoms with Crippen LogP contribution < -0.4 is 0 Å². The lowest BCUT2D eigenvalue weighted by molar-refractivity contribution is 0.0922. The maximum Gasteiger partial charge on any atom is 0.227 e. The Morgan fingerprint density at radius 1 is 1.52 bits per heavy atom. The quantitative estimate of drug-likeness (QED) is 0.745. The van der Waals surface area contributed by atoms with Crippen molar-refractivity contribution in [2.75, 3.05) is 26.0 Å². The lowest BCUT2D eigenvalue weighted by Crippen LogP contribution is -2.34. The van der Waals surface area contributed by atoms with Crippen LogP contribution in [0.5, 0.6) is 0 Å². The van der Waals surface area contributed by atoms with E-state index in [1.807, 2.05) is 13.8 Å². The van der Waals surface area contributed by atoms with Crippen molar-refractivity contribution in [1.82, 2.24) is 14.5 Å². The van der Waals surface area contributed by atoms with Crippen molar-refractivity contribution in [3.05, 3.63) is 11.9 Å². The molecule has 0 spiro atoms. The Morgan fingerprint density at radius 3 is 2.78 bits per heavy atom. The summed E-state index contributed by atoms with van der Waals surface area (Å²) < 4.78 is 31.4. The minimum atomic E-state index is -3.39. The van der Waals surface area contributed by atoms with Crippen LogP contribution >= 0.6 is 0 Å². The van der Waals surface area contributed by atoms with Crippen molar-refractivity contribution in [1.29, 1.82) is 0 Å². The van der Waals surface area contributed by atoms with Crippen LogP contribution in [-0.2, 0) is 27.7 Å². The van der Waals surface area contributed by atoms with Crippen molar-refractivity contribution in [2.45, 2.75) is 57.1 Å². The Labute approximate surface area is 138 Å². The van der Waals surface area contributed by atoms with Crippen molar-refractivity contribution in [3.8, 4) is 0 Å². The molecule has 0 saturated carbocycles. The fourth-order valence-electron chi connectivity index (χ4n) is 2.86. The monoisotopic (exact) mass is 345 g/mol. The molecule has 1 fully saturated rings. The molecule has 1 unspecified atom stereocenters. The molecule has 8 heteroatoms. The Morgan fingerprint density at radius 2 is 2.26 bits per heavy atom. The van der Waals surface area contributed by atoms with E-state index in [1.165, 1.54) is 6.26 Å². The normalized spacial score (nSPS) is 19.1. The van der Waals surface area contributed by atoms with Crippen LogP contribution in [0.1, 0.15) is 32.4 Å². The zero-order chi connectivity index (χ0) is 17.0. The summed E-state index contributed by atoms with van der Waals surface area (Å²) in [4.78, 5) is 6.22. The van der Waals surface area contributed by atoms with Gasteiger partial charge in [0, 0.05) is 32.0 Å². The lowest BCUT2D eigenvalue weighted by atomic mass is 10.2. The van der Waals surface area contributed by atoms with Gasteiger partial charge in [0.05, 0.1) is 31.1 Å². The van der Waals surface area contributed by atoms with Gasteiger partial charge in [-0.25, -0.2) is 13.4 Å². The molecule has 1 saturated heterocycles. The van der Waals surface area contributed by atoms with E-state index >= 15 is 0 Å². The Hall–Kier alpha value is -0.960. The van der Waals surface area contributed by atoms with E-state index in [0.29, 0.717) is 19.6 Å². The van der Waals surface area contributed by atoms with Gasteiger partial charge in [0.15, 0.2) is 0 Å². The van der Waals surface area contributed by atoms with Crippen LogP contribution in [-0.4, -0.2) is 66.1 Å². The van der Waals surface area contributed by atoms with Crippen LogP contribution in [0.4, 0.5) is 0 Å². The molecule has 1 aromatic heterocycles. The second-order valence-corrected chi connectivity index (χ2v) is 8.25. The minimum Gasteiger partial charge on any atom is -0.395 e. The highest BCUT2D eigenvalue weighted by molar-refractivity contribution is 7.90. The smallest absolute Gasteiger partial charge is 0.227 e. The van der Waals surface area contributed by atoms with Gasteiger partial charge in [0.1, 0.15) is 0 Å². The van der Waals surface area contributed by atoms with Gasteiger partial charge in [-0.05, 0) is 26.7 Å². The first-order chi connectivity index (χ1) is 10.8. The van der Waals surface area contributed by atoms with E-state index in [2.05, 4.69) is 9.88 Å². The van der Waals surface area contributed by atoms with Gasteiger partial charge in [-0.2, -0.15) is 0 Å². The molecule has 132 valence electrons. The van der Waals surface area contributed by atoms with Gasteiger partial charge in [-0.3, -0.25) is 4.90 Å². The first-order valence-electron chi connectivity index (χ1n) is 8.04. The van der Waals surface area contributed by atoms with Gasteiger partial charge in [0.25, 0.3) is 0 Å². The van der Waals surface area contributed by atoms with E-state index in [-0.39, 0.29) is 23.9 Å². The average Bonchev–Trinajstić information content (AvgIpc) is 3.08. The third-order valence-electron chi connectivity index (χ3n) is 4.13. The van der Waals surface area contributed by atoms with Gasteiger partial charge >= 0.3 is 0 Å². The summed E-state index contributed by atoms with van der Waals surface area (Å²) in [6.45, 7) is 6.48. The maximum absolute atomic E-state index is 12.0. The first-order valence-corrected chi connectivity index (χ1v) is 9.93. The first kappa shape index (κ1) is 18.4. The largest absolute Gasteiger partial charge is 0.395 e. The van der Waals surface area contributed by atoms with Crippen LogP contribution in [0.25, 0.3) is 0 Å². The highest BCUT2D eigenvalue weighted by atomic mass is 32.2. The predicted molar refractivity (Wildman–Crippen MR) is 86.9 cm³/mol. The SMILES string of the molecule is CC(C)N(CCO)Cc1cnc(S(C)(=O)=O)n1CC1CCCO1. The molecule has 1 aliphatic heterocycles. The molecule has 1 N–H and O–H groups in total. The van der Waals surface area contributed by atoms with Crippen molar-refractivity contribution < 1.29 is 18.3 Å². The van der Waals surface area contributed by atoms with Gasteiger partial charge in [-0.15, -0.1) is 0 Å². The molecule has 0 radical (unpaired) electrons. The Balaban J connectivity index is 2.28. The number of aromatic nitrogens is 2. The van der Waals surface area contributed by atoms with E-state index in [4.69, 9.17) is 4.74 Å². The lowest BCUT2D eigenvalue weighted by Gasteiger charge is -2.26. The number of ether oxygens (including phenoxy) is 1. The minimum absolute atomic E-state index is 0.0359. The Bertz CT molecular complexity index is 606. The molecule has 0 amide bonds. The predicted octanol–water partition coefficient (Wildman–Crippen LogP) is 0.668. The summed E-state index contributed by atoms with van der Waals surface area (Å²) in [5, 5.41) is 9.31. The molecule has 0 bridgehead atoms. The standard InChI is InChI=1S/C15H27N3O4S/c1-12(2)17(6-7-19)10-13-9-16-15(23(3,20)21)18(13)11-14-5-4-8-22-14/h9,12,14,19H,4-8,10-11H2,1-3H3. The van der Waals surface area contributed by atoms with Crippen LogP contribution in [0, 0.1) is 0 Å². The number of sulfone groups is 1. The molecular weight excluding hydrogens is 318 g/mol. The molecule has 1 atom stereocenters. The summed E-state index contributed by atoms with van der Waals surface area (Å²) in [5.41, 5.74) is 0.836. The highest BCUT2D eigenvalue weighted by Crippen LogP contribution is 2.20. The maximum atomic E-state index is 12.0. The fraction of sp³-hybridized carbons (Fsp3) is 0.800. The molecule has 23 heavy (non-hydrogen) atoms. The zero-order valence-corrected chi connectivity index (χ0v) is 14.9. The number of hydrogen-bond acceptors (Lipinski definition) is 6. The van der Waals surface area contributed by atoms with Crippen LogP contribution in [0.2, 0.25) is 0 Å². The number of rotatable bonds is 8. The van der Waals surface area contributed by atoms with Crippen molar-refractivity contribution in [2.24, 2.45) is 0 Å². The summed E-state index contributed by atoms with van der Waals surface area (Å²) in [7, 11) is -3.39. The molecule has 2 heterocycles. The van der Waals surface area contributed by atoms with Gasteiger partial charge < -0.3 is 14.4 Å². The summed E-state index contributed by atoms with van der Waals surface area (Å²) in [5.74, 6) is 0. The summed E-state index contributed by atoms with van der Waals surface area (Å²) in [6, 6.07) is 0.245. The number of imidazole rings is 1. The van der Waals surface area contributed by atoms with Gasteiger partial charge in [0.2, 0.25) is 15.0 Å². The molecular formula is C15H27N3O4S. The van der Waals surface area contributed by atoms with E-state index in [9.17, 15) is 13.5 Å². The number of aliphatic hydroxyl groups is 1. The second kappa shape index (κ2) is 7.74. The molecule has 1 aliphatic rings. The average molecular weight is 345 g/mol. The molecule has 2 rings (SSSR count). The second-order valence-electron chi connectivity index (χ2n) is 6.34. The topological polar surface area (TPSA) is 84.7 Å². The zero-order valence-electron chi connectivity index (χ0n) is 14.1. The summed E-state index contributed by atoms with van der Waals surface area (Å²) in [6.07, 6.45) is 4.78. The third-order valence-corrected chi connectivity index (χ3v) is 5.12. The van der Waals surface area contributed by atoms with Crippen molar-refractivity contribution in [3.63, 3.8) is 0 Å². The van der Waals surface area contributed by atoms with Crippen LogP contribution in [0.15, 0.2) is 11.4 Å². The molecule has 0 aliphatic carbocycles. The van der Waals surface area contributed by atoms with E-state index < -0.39 is 9.84 Å². The van der Waals surface area contributed by atoms with E-state index in [1.54, 1.807) is 10.8 Å². The van der Waals surface area contributed by atoms with Crippen LogP contribution in [0.3, 0.4) is 0 Å². The number of hydrogen-bond donors (Lipinski definition) is 1. The molecule has 7 nitrogen and oxygen atoms in total. The number of nitrogens with zero attached hydrogens (tertiary/aromatic N) is 3. The third kappa shape index (κ3) is 4.76. The fourth-order valence-corrected chi connectivity index (χ4v) is 3.69. The molecule has 0 aromatic carbocycles.